The summed E-state index contributed by atoms with van der Waals surface area (Å²) in [5.41, 5.74) is 11.6. The molecule has 0 aromatic rings. The first-order valence-electron chi connectivity index (χ1n) is 8.24. The lowest BCUT2D eigenvalue weighted by atomic mass is 10.2. The van der Waals surface area contributed by atoms with E-state index < -0.39 is 25.3 Å². The van der Waals surface area contributed by atoms with Gasteiger partial charge in [-0.1, -0.05) is 0 Å². The van der Waals surface area contributed by atoms with Crippen LogP contribution in [-0.2, 0) is 4.43 Å². The van der Waals surface area contributed by atoms with Gasteiger partial charge >= 0.3 is 0 Å². The van der Waals surface area contributed by atoms with Gasteiger partial charge in [-0.2, -0.15) is 0 Å². The van der Waals surface area contributed by atoms with Crippen LogP contribution in [0.5, 0.6) is 0 Å². The Morgan fingerprint density at radius 3 is 2.09 bits per heavy atom. The summed E-state index contributed by atoms with van der Waals surface area (Å²) >= 11 is 0. The fourth-order valence-electron chi connectivity index (χ4n) is 2.40. The Morgan fingerprint density at radius 1 is 1.13 bits per heavy atom. The predicted molar refractivity (Wildman–Crippen MR) is 95.0 cm³/mol. The molecule has 0 aliphatic rings. The van der Waals surface area contributed by atoms with E-state index in [1.807, 2.05) is 32.6 Å². The highest BCUT2D eigenvalue weighted by Gasteiger charge is 2.45. The van der Waals surface area contributed by atoms with Crippen LogP contribution in [0.25, 0.3) is 0 Å². The normalized spacial score (nSPS) is 17.3. The number of hydrogen-bond acceptors (Lipinski definition) is 7. The molecule has 0 saturated heterocycles. The summed E-state index contributed by atoms with van der Waals surface area (Å²) in [6.07, 6.45) is 0.517. The highest BCUT2D eigenvalue weighted by molar-refractivity contribution is 6.75. The Hall–Kier alpha value is -0.0631. The quantitative estimate of drug-likeness (QED) is 0.246. The summed E-state index contributed by atoms with van der Waals surface area (Å²) in [6, 6.07) is 0.830. The first kappa shape index (κ1) is 22.9. The number of aliphatic hydroxyl groups excluding tert-OH is 3. The second-order valence-electron chi connectivity index (χ2n) is 7.65. The Balaban J connectivity index is 4.56. The Labute approximate surface area is 141 Å². The molecule has 0 bridgehead atoms. The third-order valence-corrected chi connectivity index (χ3v) is 9.18. The van der Waals surface area contributed by atoms with Crippen molar-refractivity contribution in [1.29, 1.82) is 0 Å². The molecule has 7 nitrogen and oxygen atoms in total. The monoisotopic (exact) mass is 351 g/mol. The Morgan fingerprint density at radius 2 is 1.70 bits per heavy atom. The molecule has 8 heteroatoms. The van der Waals surface area contributed by atoms with E-state index in [4.69, 9.17) is 21.0 Å². The molecule has 140 valence electrons. The van der Waals surface area contributed by atoms with E-state index in [-0.39, 0.29) is 13.3 Å². The lowest BCUT2D eigenvalue weighted by molar-refractivity contribution is 0.0551. The average Bonchev–Trinajstić information content (AvgIpc) is 2.38. The molecule has 0 radical (unpaired) electrons. The molecule has 0 fully saturated rings. The molecule has 2 atom stereocenters. The van der Waals surface area contributed by atoms with Crippen LogP contribution < -0.4 is 11.5 Å². The molecule has 0 amide bonds. The van der Waals surface area contributed by atoms with E-state index in [2.05, 4.69) is 6.55 Å². The highest BCUT2D eigenvalue weighted by Crippen LogP contribution is 2.28. The van der Waals surface area contributed by atoms with Gasteiger partial charge in [0.15, 0.2) is 0 Å². The minimum Gasteiger partial charge on any atom is -0.398 e. The summed E-state index contributed by atoms with van der Waals surface area (Å²) in [5, 5.41) is 27.2. The third kappa shape index (κ3) is 9.11. The Kier molecular flexibility index (Phi) is 9.40. The molecular formula is C15H37N3O4Si. The third-order valence-electron chi connectivity index (χ3n) is 4.17. The zero-order chi connectivity index (χ0) is 18.3. The Bertz CT molecular complexity index is 334. The van der Waals surface area contributed by atoms with Crippen LogP contribution in [0.3, 0.4) is 0 Å². The van der Waals surface area contributed by atoms with Crippen LogP contribution in [0.1, 0.15) is 40.5 Å². The van der Waals surface area contributed by atoms with Gasteiger partial charge in [0.05, 0.1) is 25.2 Å². The number of nitrogens with two attached hydrogens (primary N) is 2. The van der Waals surface area contributed by atoms with Gasteiger partial charge in [-0.15, -0.1) is 0 Å². The minimum absolute atomic E-state index is 0.0777. The standard InChI is InChI=1S/C15H37N3O4Si/c1-14(2,16)22-23(5,15(3,4)17)10-6-8-18(12-20)9-7-13(21)11-19/h13,19-21H,6-12,16-17H2,1-5H3. The van der Waals surface area contributed by atoms with Crippen molar-refractivity contribution in [3.8, 4) is 0 Å². The number of aliphatic hydroxyl groups is 3. The average molecular weight is 352 g/mol. The summed E-state index contributed by atoms with van der Waals surface area (Å²) in [5.74, 6) is 0. The number of rotatable bonds is 12. The van der Waals surface area contributed by atoms with Crippen LogP contribution in [0.2, 0.25) is 12.6 Å². The van der Waals surface area contributed by atoms with Crippen LogP contribution in [0.15, 0.2) is 0 Å². The first-order valence-corrected chi connectivity index (χ1v) is 10.9. The van der Waals surface area contributed by atoms with Crippen molar-refractivity contribution in [2.24, 2.45) is 11.5 Å². The first-order chi connectivity index (χ1) is 10.3. The van der Waals surface area contributed by atoms with Gasteiger partial charge in [-0.25, -0.2) is 0 Å². The SMILES string of the molecule is CC(C)(N)O[Si](C)(CCCN(CO)CCC(O)CO)C(C)(C)N. The molecule has 7 N–H and O–H groups in total. The minimum atomic E-state index is -2.26. The van der Waals surface area contributed by atoms with Gasteiger partial charge in [-0.3, -0.25) is 4.90 Å². The fraction of sp³-hybridized carbons (Fsp3) is 1.00. The molecule has 0 aromatic heterocycles. The van der Waals surface area contributed by atoms with E-state index >= 15 is 0 Å². The highest BCUT2D eigenvalue weighted by atomic mass is 28.4. The molecule has 0 aliphatic heterocycles. The van der Waals surface area contributed by atoms with Gasteiger partial charge in [0.1, 0.15) is 0 Å². The van der Waals surface area contributed by atoms with Crippen LogP contribution >= 0.6 is 0 Å². The van der Waals surface area contributed by atoms with Gasteiger partial charge in [0.2, 0.25) is 8.32 Å². The van der Waals surface area contributed by atoms with Gasteiger partial charge in [0, 0.05) is 18.3 Å². The molecule has 0 heterocycles. The van der Waals surface area contributed by atoms with Gasteiger partial charge in [0.25, 0.3) is 0 Å². The van der Waals surface area contributed by atoms with Crippen LogP contribution in [0, 0.1) is 0 Å². The molecule has 23 heavy (non-hydrogen) atoms. The molecule has 0 spiro atoms. The second kappa shape index (κ2) is 9.43. The summed E-state index contributed by atoms with van der Waals surface area (Å²) in [7, 11) is -2.26. The molecule has 0 saturated carbocycles. The maximum Gasteiger partial charge on any atom is 0.211 e. The summed E-state index contributed by atoms with van der Waals surface area (Å²) in [6.45, 7) is 10.6. The fourth-order valence-corrected chi connectivity index (χ4v) is 5.40. The second-order valence-corrected chi connectivity index (χ2v) is 12.1. The van der Waals surface area contributed by atoms with E-state index in [0.717, 1.165) is 12.5 Å². The summed E-state index contributed by atoms with van der Waals surface area (Å²) in [4.78, 5) is 1.84. The van der Waals surface area contributed by atoms with E-state index in [9.17, 15) is 10.2 Å². The van der Waals surface area contributed by atoms with Crippen LogP contribution in [-0.4, -0.2) is 72.0 Å². The number of nitrogens with zero attached hydrogens (tertiary/aromatic N) is 1. The molecule has 0 aliphatic carbocycles. The van der Waals surface area contributed by atoms with Crippen molar-refractivity contribution < 1.29 is 19.7 Å². The lowest BCUT2D eigenvalue weighted by Crippen LogP contribution is -2.64. The predicted octanol–water partition coefficient (Wildman–Crippen LogP) is -0.0652. The maximum absolute atomic E-state index is 9.40. The number of hydrogen-bond donors (Lipinski definition) is 5. The van der Waals surface area contributed by atoms with Crippen molar-refractivity contribution in [3.05, 3.63) is 0 Å². The van der Waals surface area contributed by atoms with Gasteiger partial charge in [-0.05, 0) is 53.1 Å². The van der Waals surface area contributed by atoms with Crippen molar-refractivity contribution in [2.75, 3.05) is 26.4 Å². The van der Waals surface area contributed by atoms with Gasteiger partial charge < -0.3 is 31.2 Å². The topological polar surface area (TPSA) is 125 Å². The van der Waals surface area contributed by atoms with Crippen molar-refractivity contribution in [1.82, 2.24) is 4.90 Å². The maximum atomic E-state index is 9.40. The van der Waals surface area contributed by atoms with Crippen molar-refractivity contribution in [2.45, 2.75) is 70.1 Å². The zero-order valence-corrected chi connectivity index (χ0v) is 16.4. The van der Waals surface area contributed by atoms with Crippen molar-refractivity contribution >= 4 is 8.32 Å². The molecular weight excluding hydrogens is 314 g/mol. The van der Waals surface area contributed by atoms with E-state index in [0.29, 0.717) is 19.5 Å². The zero-order valence-electron chi connectivity index (χ0n) is 15.4. The molecule has 0 rings (SSSR count). The van der Waals surface area contributed by atoms with E-state index in [1.54, 1.807) is 0 Å². The largest absolute Gasteiger partial charge is 0.398 e. The van der Waals surface area contributed by atoms with Crippen molar-refractivity contribution in [3.63, 3.8) is 0 Å². The molecule has 0 aromatic carbocycles. The van der Waals surface area contributed by atoms with E-state index in [1.165, 1.54) is 0 Å². The summed E-state index contributed by atoms with van der Waals surface area (Å²) < 4.78 is 6.16. The smallest absolute Gasteiger partial charge is 0.211 e. The lowest BCUT2D eigenvalue weighted by Gasteiger charge is -2.43. The molecule has 2 unspecified atom stereocenters. The van der Waals surface area contributed by atoms with Crippen LogP contribution in [0.4, 0.5) is 0 Å².